The highest BCUT2D eigenvalue weighted by molar-refractivity contribution is 5.45. The molecule has 22 heavy (non-hydrogen) atoms. The Kier molecular flexibility index (Phi) is 4.73. The van der Waals surface area contributed by atoms with Gasteiger partial charge in [-0.3, -0.25) is 4.90 Å². The number of phenolic OH excluding ortho intramolecular Hbond substituents is 1. The molecule has 1 aromatic rings. The molecule has 1 heterocycles. The molecule has 0 aliphatic carbocycles. The monoisotopic (exact) mass is 306 g/mol. The standard InChI is InChI=1S/C18H30N2O2/c1-17(2)10-14(11-18(3,4)19-17)20(5)12-13-8-7-9-15(22-6)16(13)21/h7-9,14,19,21H,10-12H2,1-6H3. The third-order valence-corrected chi connectivity index (χ3v) is 4.51. The molecule has 1 aliphatic heterocycles. The first kappa shape index (κ1) is 17.1. The van der Waals surface area contributed by atoms with Gasteiger partial charge in [-0.25, -0.2) is 0 Å². The first-order valence-electron chi connectivity index (χ1n) is 7.98. The number of benzene rings is 1. The fourth-order valence-electron chi connectivity index (χ4n) is 3.84. The van der Waals surface area contributed by atoms with Gasteiger partial charge in [0.2, 0.25) is 0 Å². The smallest absolute Gasteiger partial charge is 0.162 e. The Bertz CT molecular complexity index is 510. The van der Waals surface area contributed by atoms with E-state index < -0.39 is 0 Å². The lowest BCUT2D eigenvalue weighted by Gasteiger charge is -2.49. The van der Waals surface area contributed by atoms with Gasteiger partial charge in [-0.2, -0.15) is 0 Å². The maximum atomic E-state index is 10.3. The lowest BCUT2D eigenvalue weighted by Crippen LogP contribution is -2.61. The molecule has 4 heteroatoms. The van der Waals surface area contributed by atoms with Crippen molar-refractivity contribution in [3.05, 3.63) is 23.8 Å². The van der Waals surface area contributed by atoms with Gasteiger partial charge in [0, 0.05) is 29.2 Å². The SMILES string of the molecule is COc1cccc(CN(C)C2CC(C)(C)NC(C)(C)C2)c1O. The van der Waals surface area contributed by atoms with Crippen molar-refractivity contribution in [3.8, 4) is 11.5 Å². The van der Waals surface area contributed by atoms with Crippen LogP contribution in [0.4, 0.5) is 0 Å². The van der Waals surface area contributed by atoms with Crippen LogP contribution in [0.15, 0.2) is 18.2 Å². The Morgan fingerprint density at radius 2 is 1.82 bits per heavy atom. The van der Waals surface area contributed by atoms with E-state index in [9.17, 15) is 5.11 Å². The molecule has 0 unspecified atom stereocenters. The van der Waals surface area contributed by atoms with Crippen molar-refractivity contribution in [2.24, 2.45) is 0 Å². The van der Waals surface area contributed by atoms with Gasteiger partial charge in [0.1, 0.15) is 0 Å². The van der Waals surface area contributed by atoms with Crippen molar-refractivity contribution < 1.29 is 9.84 Å². The number of ether oxygens (including phenoxy) is 1. The number of aromatic hydroxyl groups is 1. The van der Waals surface area contributed by atoms with Crippen LogP contribution in [0.25, 0.3) is 0 Å². The molecule has 1 aliphatic rings. The van der Waals surface area contributed by atoms with Gasteiger partial charge in [0.15, 0.2) is 11.5 Å². The number of phenols is 1. The van der Waals surface area contributed by atoms with E-state index in [1.54, 1.807) is 13.2 Å². The number of nitrogens with zero attached hydrogens (tertiary/aromatic N) is 1. The molecule has 0 aromatic heterocycles. The molecule has 0 amide bonds. The lowest BCUT2D eigenvalue weighted by molar-refractivity contribution is 0.0772. The van der Waals surface area contributed by atoms with Crippen molar-refractivity contribution in [2.45, 2.75) is 64.2 Å². The number of hydrogen-bond acceptors (Lipinski definition) is 4. The third-order valence-electron chi connectivity index (χ3n) is 4.51. The minimum atomic E-state index is 0.122. The van der Waals surface area contributed by atoms with Gasteiger partial charge in [-0.05, 0) is 53.7 Å². The third kappa shape index (κ3) is 3.93. The second kappa shape index (κ2) is 6.09. The molecule has 0 bridgehead atoms. The van der Waals surface area contributed by atoms with Gasteiger partial charge in [-0.1, -0.05) is 12.1 Å². The predicted octanol–water partition coefficient (Wildman–Crippen LogP) is 3.14. The molecular formula is C18H30N2O2. The Hall–Kier alpha value is -1.26. The van der Waals surface area contributed by atoms with Crippen LogP contribution in [0.3, 0.4) is 0 Å². The number of para-hydroxylation sites is 1. The fourth-order valence-corrected chi connectivity index (χ4v) is 3.84. The van der Waals surface area contributed by atoms with Gasteiger partial charge in [-0.15, -0.1) is 0 Å². The zero-order valence-electron chi connectivity index (χ0n) is 14.7. The van der Waals surface area contributed by atoms with Crippen molar-refractivity contribution in [1.82, 2.24) is 10.2 Å². The van der Waals surface area contributed by atoms with E-state index in [0.717, 1.165) is 24.9 Å². The molecule has 1 aromatic carbocycles. The molecule has 1 saturated heterocycles. The lowest BCUT2D eigenvalue weighted by atomic mass is 9.79. The van der Waals surface area contributed by atoms with Crippen LogP contribution in [0.2, 0.25) is 0 Å². The molecule has 0 atom stereocenters. The minimum Gasteiger partial charge on any atom is -0.504 e. The van der Waals surface area contributed by atoms with Crippen LogP contribution >= 0.6 is 0 Å². The zero-order valence-corrected chi connectivity index (χ0v) is 14.7. The van der Waals surface area contributed by atoms with Crippen molar-refractivity contribution in [3.63, 3.8) is 0 Å². The molecule has 2 N–H and O–H groups in total. The van der Waals surface area contributed by atoms with Crippen LogP contribution in [-0.4, -0.2) is 41.3 Å². The average molecular weight is 306 g/mol. The Morgan fingerprint density at radius 3 is 2.36 bits per heavy atom. The first-order valence-corrected chi connectivity index (χ1v) is 7.98. The summed E-state index contributed by atoms with van der Waals surface area (Å²) < 4.78 is 5.20. The van der Waals surface area contributed by atoms with E-state index in [0.29, 0.717) is 11.8 Å². The molecular weight excluding hydrogens is 276 g/mol. The van der Waals surface area contributed by atoms with Gasteiger partial charge < -0.3 is 15.2 Å². The van der Waals surface area contributed by atoms with E-state index in [-0.39, 0.29) is 16.8 Å². The highest BCUT2D eigenvalue weighted by Gasteiger charge is 2.39. The fraction of sp³-hybridized carbons (Fsp3) is 0.667. The van der Waals surface area contributed by atoms with E-state index in [1.807, 2.05) is 12.1 Å². The Morgan fingerprint density at radius 1 is 1.23 bits per heavy atom. The summed E-state index contributed by atoms with van der Waals surface area (Å²) in [5.74, 6) is 0.793. The second-order valence-corrected chi connectivity index (χ2v) is 7.84. The second-order valence-electron chi connectivity index (χ2n) is 7.84. The highest BCUT2D eigenvalue weighted by Crippen LogP contribution is 2.34. The van der Waals surface area contributed by atoms with Gasteiger partial charge in [0.05, 0.1) is 7.11 Å². The van der Waals surface area contributed by atoms with E-state index in [2.05, 4.69) is 45.0 Å². The zero-order chi connectivity index (χ0) is 16.5. The average Bonchev–Trinajstić information content (AvgIpc) is 2.37. The highest BCUT2D eigenvalue weighted by atomic mass is 16.5. The number of hydrogen-bond donors (Lipinski definition) is 2. The minimum absolute atomic E-state index is 0.122. The topological polar surface area (TPSA) is 44.7 Å². The molecule has 2 rings (SSSR count). The quantitative estimate of drug-likeness (QED) is 0.897. The normalized spacial score (nSPS) is 21.0. The maximum absolute atomic E-state index is 10.3. The van der Waals surface area contributed by atoms with Crippen LogP contribution in [-0.2, 0) is 6.54 Å². The Balaban J connectivity index is 2.13. The predicted molar refractivity (Wildman–Crippen MR) is 90.4 cm³/mol. The van der Waals surface area contributed by atoms with Crippen molar-refractivity contribution >= 4 is 0 Å². The number of nitrogens with one attached hydrogen (secondary N) is 1. The van der Waals surface area contributed by atoms with E-state index in [4.69, 9.17) is 4.74 Å². The van der Waals surface area contributed by atoms with Gasteiger partial charge in [0.25, 0.3) is 0 Å². The summed E-state index contributed by atoms with van der Waals surface area (Å²) in [6.07, 6.45) is 2.19. The molecule has 0 radical (unpaired) electrons. The van der Waals surface area contributed by atoms with E-state index in [1.165, 1.54) is 0 Å². The van der Waals surface area contributed by atoms with Crippen LogP contribution in [0, 0.1) is 0 Å². The van der Waals surface area contributed by atoms with Crippen molar-refractivity contribution in [1.29, 1.82) is 0 Å². The first-order chi connectivity index (χ1) is 10.1. The summed E-state index contributed by atoms with van der Waals surface area (Å²) >= 11 is 0. The summed E-state index contributed by atoms with van der Waals surface area (Å²) in [6, 6.07) is 6.16. The number of piperidine rings is 1. The van der Waals surface area contributed by atoms with Crippen LogP contribution < -0.4 is 10.1 Å². The Labute approximate surface area is 134 Å². The van der Waals surface area contributed by atoms with E-state index >= 15 is 0 Å². The van der Waals surface area contributed by atoms with Crippen LogP contribution in [0.1, 0.15) is 46.1 Å². The van der Waals surface area contributed by atoms with Crippen molar-refractivity contribution in [2.75, 3.05) is 14.2 Å². The summed E-state index contributed by atoms with van der Waals surface area (Å²) in [7, 11) is 3.72. The number of rotatable bonds is 4. The van der Waals surface area contributed by atoms with Crippen LogP contribution in [0.5, 0.6) is 11.5 Å². The summed E-state index contributed by atoms with van der Waals surface area (Å²) in [5, 5.41) is 14.0. The summed E-state index contributed by atoms with van der Waals surface area (Å²) in [4.78, 5) is 2.35. The molecule has 124 valence electrons. The molecule has 1 fully saturated rings. The number of methoxy groups -OCH3 is 1. The maximum Gasteiger partial charge on any atom is 0.162 e. The summed E-state index contributed by atoms with van der Waals surface area (Å²) in [6.45, 7) is 9.77. The molecule has 4 nitrogen and oxygen atoms in total. The largest absolute Gasteiger partial charge is 0.504 e. The molecule has 0 spiro atoms. The molecule has 0 saturated carbocycles. The summed E-state index contributed by atoms with van der Waals surface area (Å²) in [5.41, 5.74) is 1.16. The van der Waals surface area contributed by atoms with Gasteiger partial charge >= 0.3 is 0 Å².